The van der Waals surface area contributed by atoms with Crippen LogP contribution in [0.4, 0.5) is 0 Å². The summed E-state index contributed by atoms with van der Waals surface area (Å²) < 4.78 is 0. The number of nitrogens with zero attached hydrogens (tertiary/aromatic N) is 2. The normalized spacial score (nSPS) is 13.1. The lowest BCUT2D eigenvalue weighted by Gasteiger charge is -2.07. The predicted molar refractivity (Wildman–Crippen MR) is 79.5 cm³/mol. The first-order chi connectivity index (χ1) is 10.8. The molecule has 2 heterocycles. The smallest absolute Gasteiger partial charge is 0.259 e. The molecule has 0 atom stereocenters. The number of carbonyl (C=O) groups excluding carboxylic acids is 2. The Morgan fingerprint density at radius 3 is 2.82 bits per heavy atom. The minimum Gasteiger partial charge on any atom is -0.397 e. The molecule has 0 aliphatic carbocycles. The molecule has 6 heteroatoms. The number of unbranched alkanes of at least 4 members (excludes halogenated alkanes) is 2. The second kappa shape index (κ2) is 6.43. The van der Waals surface area contributed by atoms with E-state index in [0.717, 1.165) is 31.2 Å². The minimum atomic E-state index is -0.297. The van der Waals surface area contributed by atoms with Crippen LogP contribution in [-0.2, 0) is 6.42 Å². The zero-order valence-electron chi connectivity index (χ0n) is 12.1. The molecule has 0 saturated carbocycles. The number of amides is 2. The maximum absolute atomic E-state index is 11.8. The zero-order chi connectivity index (χ0) is 15.4. The van der Waals surface area contributed by atoms with Crippen LogP contribution < -0.4 is 10.2 Å². The summed E-state index contributed by atoms with van der Waals surface area (Å²) in [7, 11) is 0. The Balaban J connectivity index is 1.47. The maximum atomic E-state index is 11.8. The molecule has 3 rings (SSSR count). The molecule has 0 spiro atoms. The number of carbonyl (C=O) groups is 2. The quantitative estimate of drug-likeness (QED) is 0.622. The van der Waals surface area contributed by atoms with Crippen LogP contribution >= 0.6 is 0 Å². The monoisotopic (exact) mass is 299 g/mol. The average Bonchev–Trinajstić information content (AvgIpc) is 3.12. The van der Waals surface area contributed by atoms with Gasteiger partial charge in [-0.2, -0.15) is 0 Å². The van der Waals surface area contributed by atoms with Gasteiger partial charge in [-0.3, -0.25) is 14.9 Å². The van der Waals surface area contributed by atoms with Gasteiger partial charge in [0, 0.05) is 0 Å². The Morgan fingerprint density at radius 2 is 2.00 bits per heavy atom. The van der Waals surface area contributed by atoms with Gasteiger partial charge in [-0.25, -0.2) is 0 Å². The van der Waals surface area contributed by atoms with Crippen molar-refractivity contribution in [2.24, 2.45) is 0 Å². The van der Waals surface area contributed by atoms with Crippen molar-refractivity contribution >= 4 is 11.8 Å². The van der Waals surface area contributed by atoms with Crippen molar-refractivity contribution in [3.05, 3.63) is 53.3 Å². The van der Waals surface area contributed by atoms with Gasteiger partial charge in [0.15, 0.2) is 0 Å². The average molecular weight is 299 g/mol. The number of hydrogen-bond donors (Lipinski definition) is 1. The van der Waals surface area contributed by atoms with Crippen molar-refractivity contribution in [3.8, 4) is 0 Å². The highest BCUT2D eigenvalue weighted by Gasteiger charge is 2.28. The van der Waals surface area contributed by atoms with Crippen molar-refractivity contribution in [3.63, 3.8) is 0 Å². The lowest BCUT2D eigenvalue weighted by Crippen LogP contribution is -2.20. The molecule has 1 N–H and O–H groups in total. The molecular formula is C16H17N3O3. The fourth-order valence-corrected chi connectivity index (χ4v) is 2.58. The molecule has 0 fully saturated rings. The standard InChI is InChI=1S/C16H17N3O3/c20-15-13-8-4-7-12(14(13)16(21)18-15)6-2-1-3-11-22-19-10-5-9-17-19/h4-5,7-10H,1-3,6,11H2,(H,18,20,21). The minimum absolute atomic E-state index is 0.280. The number of fused-ring (bicyclic) bond motifs is 1. The van der Waals surface area contributed by atoms with E-state index in [-0.39, 0.29) is 11.8 Å². The first-order valence-corrected chi connectivity index (χ1v) is 7.36. The third-order valence-electron chi connectivity index (χ3n) is 3.64. The molecule has 0 saturated heterocycles. The third kappa shape index (κ3) is 3.00. The van der Waals surface area contributed by atoms with E-state index in [1.807, 2.05) is 18.2 Å². The maximum Gasteiger partial charge on any atom is 0.259 e. The molecule has 1 aliphatic heterocycles. The lowest BCUT2D eigenvalue weighted by molar-refractivity contribution is 0.0793. The summed E-state index contributed by atoms with van der Waals surface area (Å²) in [5, 5.41) is 6.30. The Kier molecular flexibility index (Phi) is 4.18. The second-order valence-electron chi connectivity index (χ2n) is 5.18. The number of aromatic nitrogens is 2. The van der Waals surface area contributed by atoms with Gasteiger partial charge in [-0.15, -0.1) is 9.94 Å². The van der Waals surface area contributed by atoms with Gasteiger partial charge in [-0.1, -0.05) is 12.1 Å². The Hall–Kier alpha value is -2.63. The van der Waals surface area contributed by atoms with Crippen LogP contribution in [0.5, 0.6) is 0 Å². The molecule has 22 heavy (non-hydrogen) atoms. The topological polar surface area (TPSA) is 73.2 Å². The van der Waals surface area contributed by atoms with Crippen LogP contribution in [0, 0.1) is 0 Å². The number of rotatable bonds is 7. The van der Waals surface area contributed by atoms with E-state index in [0.29, 0.717) is 17.7 Å². The number of imide groups is 1. The summed E-state index contributed by atoms with van der Waals surface area (Å²) in [4.78, 5) is 30.2. The Labute approximate surface area is 128 Å². The van der Waals surface area contributed by atoms with E-state index in [2.05, 4.69) is 10.4 Å². The predicted octanol–water partition coefficient (Wildman–Crippen LogP) is 1.61. The van der Waals surface area contributed by atoms with E-state index in [1.165, 1.54) is 4.85 Å². The van der Waals surface area contributed by atoms with Gasteiger partial charge < -0.3 is 4.84 Å². The second-order valence-corrected chi connectivity index (χ2v) is 5.18. The first-order valence-electron chi connectivity index (χ1n) is 7.36. The van der Waals surface area contributed by atoms with Gasteiger partial charge in [0.2, 0.25) is 0 Å². The van der Waals surface area contributed by atoms with Gasteiger partial charge in [0.25, 0.3) is 11.8 Å². The van der Waals surface area contributed by atoms with E-state index in [9.17, 15) is 9.59 Å². The molecule has 0 unspecified atom stereocenters. The fourth-order valence-electron chi connectivity index (χ4n) is 2.58. The molecule has 114 valence electrons. The highest BCUT2D eigenvalue weighted by molar-refractivity contribution is 6.22. The van der Waals surface area contributed by atoms with Gasteiger partial charge >= 0.3 is 0 Å². The summed E-state index contributed by atoms with van der Waals surface area (Å²) >= 11 is 0. The summed E-state index contributed by atoms with van der Waals surface area (Å²) in [6.07, 6.45) is 7.05. The fraction of sp³-hybridized carbons (Fsp3) is 0.312. The van der Waals surface area contributed by atoms with Crippen LogP contribution in [0.15, 0.2) is 36.7 Å². The Morgan fingerprint density at radius 1 is 1.09 bits per heavy atom. The zero-order valence-corrected chi connectivity index (χ0v) is 12.1. The van der Waals surface area contributed by atoms with E-state index in [4.69, 9.17) is 4.84 Å². The molecule has 6 nitrogen and oxygen atoms in total. The Bertz CT molecular complexity index is 680. The SMILES string of the molecule is O=C1NC(=O)c2c(CCCCCOn3cccn3)cccc21. The van der Waals surface area contributed by atoms with Crippen LogP contribution in [0.1, 0.15) is 45.5 Å². The first kappa shape index (κ1) is 14.3. The molecule has 0 bridgehead atoms. The summed E-state index contributed by atoms with van der Waals surface area (Å²) in [5.74, 6) is -0.577. The summed E-state index contributed by atoms with van der Waals surface area (Å²) in [6.45, 7) is 0.605. The summed E-state index contributed by atoms with van der Waals surface area (Å²) in [5.41, 5.74) is 1.97. The molecule has 1 aliphatic rings. The molecule has 1 aromatic heterocycles. The summed E-state index contributed by atoms with van der Waals surface area (Å²) in [6, 6.07) is 7.24. The van der Waals surface area contributed by atoms with Crippen LogP contribution in [0.2, 0.25) is 0 Å². The van der Waals surface area contributed by atoms with Crippen LogP contribution in [-0.4, -0.2) is 28.4 Å². The molecular weight excluding hydrogens is 282 g/mol. The molecule has 1 aromatic carbocycles. The van der Waals surface area contributed by atoms with Crippen molar-refractivity contribution in [1.29, 1.82) is 0 Å². The lowest BCUT2D eigenvalue weighted by atomic mass is 9.98. The van der Waals surface area contributed by atoms with E-state index < -0.39 is 0 Å². The highest BCUT2D eigenvalue weighted by atomic mass is 16.7. The van der Waals surface area contributed by atoms with Gasteiger partial charge in [0.05, 0.1) is 23.5 Å². The van der Waals surface area contributed by atoms with Crippen LogP contribution in [0.3, 0.4) is 0 Å². The van der Waals surface area contributed by atoms with Crippen LogP contribution in [0.25, 0.3) is 0 Å². The number of aryl methyl sites for hydroxylation is 1. The highest BCUT2D eigenvalue weighted by Crippen LogP contribution is 2.21. The number of hydrogen-bond acceptors (Lipinski definition) is 4. The molecule has 0 radical (unpaired) electrons. The van der Waals surface area contributed by atoms with Crippen molar-refractivity contribution in [2.75, 3.05) is 6.61 Å². The van der Waals surface area contributed by atoms with Crippen molar-refractivity contribution in [2.45, 2.75) is 25.7 Å². The number of nitrogens with one attached hydrogen (secondary N) is 1. The number of benzene rings is 1. The van der Waals surface area contributed by atoms with Gasteiger partial charge in [-0.05, 0) is 43.4 Å². The van der Waals surface area contributed by atoms with Crippen molar-refractivity contribution < 1.29 is 14.4 Å². The van der Waals surface area contributed by atoms with E-state index >= 15 is 0 Å². The molecule has 2 amide bonds. The largest absolute Gasteiger partial charge is 0.397 e. The van der Waals surface area contributed by atoms with Gasteiger partial charge in [0.1, 0.15) is 6.61 Å². The molecule has 2 aromatic rings. The van der Waals surface area contributed by atoms with E-state index in [1.54, 1.807) is 18.5 Å². The third-order valence-corrected chi connectivity index (χ3v) is 3.64. The van der Waals surface area contributed by atoms with Crippen molar-refractivity contribution in [1.82, 2.24) is 15.3 Å².